The second-order valence-electron chi connectivity index (χ2n) is 3.95. The maximum atomic E-state index is 10.2. The Kier molecular flexibility index (Phi) is 7.52. The Bertz CT molecular complexity index is 344. The first kappa shape index (κ1) is 15.2. The first-order valence-corrected chi connectivity index (χ1v) is 5.69. The highest BCUT2D eigenvalue weighted by molar-refractivity contribution is 5.91. The zero-order valence-electron chi connectivity index (χ0n) is 10.9. The number of nitrogens with zero attached hydrogens (tertiary/aromatic N) is 1. The predicted octanol–water partition coefficient (Wildman–Crippen LogP) is 2.58. The van der Waals surface area contributed by atoms with Crippen LogP contribution in [0.4, 0.5) is 5.69 Å². The van der Waals surface area contributed by atoms with E-state index in [1.807, 2.05) is 39.2 Å². The minimum absolute atomic E-state index is 0.383. The molecule has 0 unspecified atom stereocenters. The summed E-state index contributed by atoms with van der Waals surface area (Å²) < 4.78 is 0. The van der Waals surface area contributed by atoms with Crippen LogP contribution in [-0.2, 0) is 4.79 Å². The van der Waals surface area contributed by atoms with Gasteiger partial charge in [0.2, 0.25) is 5.91 Å². The maximum Gasteiger partial charge on any atom is 0.244 e. The second-order valence-corrected chi connectivity index (χ2v) is 3.95. The molecule has 0 fully saturated rings. The highest BCUT2D eigenvalue weighted by Gasteiger charge is 1.96. The van der Waals surface area contributed by atoms with Gasteiger partial charge in [0.25, 0.3) is 0 Å². The molecule has 0 aliphatic heterocycles. The van der Waals surface area contributed by atoms with Crippen molar-refractivity contribution in [2.45, 2.75) is 19.8 Å². The van der Waals surface area contributed by atoms with Gasteiger partial charge in [-0.25, -0.2) is 0 Å². The van der Waals surface area contributed by atoms with Gasteiger partial charge in [-0.1, -0.05) is 38.1 Å². The van der Waals surface area contributed by atoms with Crippen LogP contribution >= 0.6 is 0 Å². The van der Waals surface area contributed by atoms with E-state index < -0.39 is 0 Å². The van der Waals surface area contributed by atoms with Crippen LogP contribution in [-0.4, -0.2) is 20.0 Å². The number of primary amides is 1. The van der Waals surface area contributed by atoms with Crippen molar-refractivity contribution in [2.24, 2.45) is 5.73 Å². The average Bonchev–Trinajstić information content (AvgIpc) is 2.31. The van der Waals surface area contributed by atoms with Gasteiger partial charge in [-0.05, 0) is 18.6 Å². The van der Waals surface area contributed by atoms with Crippen molar-refractivity contribution in [3.05, 3.63) is 42.5 Å². The fraction of sp³-hybridized carbons (Fsp3) is 0.357. The summed E-state index contributed by atoms with van der Waals surface area (Å²) in [5.41, 5.74) is 6.65. The highest BCUT2D eigenvalue weighted by Crippen LogP contribution is 2.07. The number of carbonyl (C=O) groups excluding carboxylic acids is 1. The van der Waals surface area contributed by atoms with Crippen LogP contribution in [0.2, 0.25) is 0 Å². The smallest absolute Gasteiger partial charge is 0.244 e. The first-order chi connectivity index (χ1) is 7.99. The van der Waals surface area contributed by atoms with Crippen molar-refractivity contribution in [2.75, 3.05) is 19.0 Å². The molecule has 0 radical (unpaired) electrons. The maximum absolute atomic E-state index is 10.2. The highest BCUT2D eigenvalue weighted by atomic mass is 16.1. The number of benzene rings is 1. The summed E-state index contributed by atoms with van der Waals surface area (Å²) in [6, 6.07) is 10.3. The molecule has 0 aromatic heterocycles. The van der Waals surface area contributed by atoms with Crippen LogP contribution in [0.25, 0.3) is 0 Å². The molecule has 0 saturated heterocycles. The number of anilines is 1. The molecular formula is C14H22N2O. The molecular weight excluding hydrogens is 212 g/mol. The lowest BCUT2D eigenvalue weighted by Gasteiger charge is -2.10. The van der Waals surface area contributed by atoms with Crippen molar-refractivity contribution >= 4 is 11.6 Å². The molecule has 0 atom stereocenters. The van der Waals surface area contributed by atoms with E-state index in [2.05, 4.69) is 23.6 Å². The summed E-state index contributed by atoms with van der Waals surface area (Å²) in [7, 11) is 4.07. The zero-order chi connectivity index (χ0) is 13.3. The van der Waals surface area contributed by atoms with Gasteiger partial charge in [-0.2, -0.15) is 0 Å². The quantitative estimate of drug-likeness (QED) is 0.814. The molecule has 1 aromatic carbocycles. The van der Waals surface area contributed by atoms with Crippen molar-refractivity contribution < 1.29 is 4.79 Å². The number of para-hydroxylation sites is 1. The molecule has 0 bridgehead atoms. The Labute approximate surface area is 104 Å². The van der Waals surface area contributed by atoms with Crippen molar-refractivity contribution in [3.63, 3.8) is 0 Å². The third-order valence-corrected chi connectivity index (χ3v) is 2.17. The summed E-state index contributed by atoms with van der Waals surface area (Å²) in [6.07, 6.45) is 1.65. The predicted molar refractivity (Wildman–Crippen MR) is 74.0 cm³/mol. The van der Waals surface area contributed by atoms with Gasteiger partial charge < -0.3 is 10.6 Å². The number of amides is 1. The molecule has 0 aliphatic carbocycles. The van der Waals surface area contributed by atoms with Gasteiger partial charge in [0.15, 0.2) is 0 Å². The van der Waals surface area contributed by atoms with E-state index in [1.165, 1.54) is 5.69 Å². The molecule has 0 saturated carbocycles. The number of carbonyl (C=O) groups is 1. The van der Waals surface area contributed by atoms with Gasteiger partial charge in [0.1, 0.15) is 0 Å². The fourth-order valence-electron chi connectivity index (χ4n) is 1.15. The third-order valence-electron chi connectivity index (χ3n) is 2.17. The van der Waals surface area contributed by atoms with E-state index in [9.17, 15) is 4.79 Å². The van der Waals surface area contributed by atoms with E-state index in [0.29, 0.717) is 5.57 Å². The SMILES string of the molecule is C=C(CCC)C(N)=O.CN(C)c1ccccc1. The molecule has 1 rings (SSSR count). The van der Waals surface area contributed by atoms with Crippen molar-refractivity contribution in [1.82, 2.24) is 0 Å². The van der Waals surface area contributed by atoms with E-state index in [0.717, 1.165) is 12.8 Å². The molecule has 94 valence electrons. The summed E-state index contributed by atoms with van der Waals surface area (Å²) in [5.74, 6) is -0.383. The van der Waals surface area contributed by atoms with Gasteiger partial charge in [0.05, 0.1) is 0 Å². The number of hydrogen-bond acceptors (Lipinski definition) is 2. The summed E-state index contributed by atoms with van der Waals surface area (Å²) >= 11 is 0. The minimum Gasteiger partial charge on any atom is -0.378 e. The fourth-order valence-corrected chi connectivity index (χ4v) is 1.15. The monoisotopic (exact) mass is 234 g/mol. The lowest BCUT2D eigenvalue weighted by Crippen LogP contribution is -2.12. The summed E-state index contributed by atoms with van der Waals surface area (Å²) in [5, 5.41) is 0. The van der Waals surface area contributed by atoms with Gasteiger partial charge in [0, 0.05) is 25.4 Å². The first-order valence-electron chi connectivity index (χ1n) is 5.69. The Morgan fingerprint density at radius 2 is 1.82 bits per heavy atom. The molecule has 0 aliphatic rings. The molecule has 0 heterocycles. The zero-order valence-corrected chi connectivity index (χ0v) is 10.9. The molecule has 0 spiro atoms. The summed E-state index contributed by atoms with van der Waals surface area (Å²) in [4.78, 5) is 12.3. The third kappa shape index (κ3) is 7.17. The van der Waals surface area contributed by atoms with E-state index in [-0.39, 0.29) is 5.91 Å². The largest absolute Gasteiger partial charge is 0.378 e. The van der Waals surface area contributed by atoms with Crippen molar-refractivity contribution in [1.29, 1.82) is 0 Å². The summed E-state index contributed by atoms with van der Waals surface area (Å²) in [6.45, 7) is 5.45. The molecule has 17 heavy (non-hydrogen) atoms. The van der Waals surface area contributed by atoms with Crippen LogP contribution < -0.4 is 10.6 Å². The Balaban J connectivity index is 0.000000304. The van der Waals surface area contributed by atoms with E-state index in [1.54, 1.807) is 0 Å². The Morgan fingerprint density at radius 3 is 2.06 bits per heavy atom. The molecule has 3 nitrogen and oxygen atoms in total. The molecule has 3 heteroatoms. The van der Waals surface area contributed by atoms with Crippen LogP contribution in [0.15, 0.2) is 42.5 Å². The number of rotatable bonds is 4. The lowest BCUT2D eigenvalue weighted by molar-refractivity contribution is -0.114. The van der Waals surface area contributed by atoms with Crippen molar-refractivity contribution in [3.8, 4) is 0 Å². The second kappa shape index (κ2) is 8.39. The van der Waals surface area contributed by atoms with Crippen LogP contribution in [0.1, 0.15) is 19.8 Å². The normalized spacial score (nSPS) is 8.88. The molecule has 1 amide bonds. The Hall–Kier alpha value is -1.77. The average molecular weight is 234 g/mol. The van der Waals surface area contributed by atoms with E-state index >= 15 is 0 Å². The van der Waals surface area contributed by atoms with Crippen LogP contribution in [0, 0.1) is 0 Å². The lowest BCUT2D eigenvalue weighted by atomic mass is 10.2. The Morgan fingerprint density at radius 1 is 1.29 bits per heavy atom. The van der Waals surface area contributed by atoms with Gasteiger partial charge in [-0.15, -0.1) is 0 Å². The molecule has 2 N–H and O–H groups in total. The molecule has 1 aromatic rings. The standard InChI is InChI=1S/C8H11N.C6H11NO/c1-9(2)8-6-4-3-5-7-8;1-3-4-5(2)6(7)8/h3-7H,1-2H3;2-4H2,1H3,(H2,7,8). The van der Waals surface area contributed by atoms with Gasteiger partial charge >= 0.3 is 0 Å². The minimum atomic E-state index is -0.383. The van der Waals surface area contributed by atoms with Crippen LogP contribution in [0.3, 0.4) is 0 Å². The van der Waals surface area contributed by atoms with Gasteiger partial charge in [-0.3, -0.25) is 4.79 Å². The van der Waals surface area contributed by atoms with E-state index in [4.69, 9.17) is 5.73 Å². The van der Waals surface area contributed by atoms with Crippen LogP contribution in [0.5, 0.6) is 0 Å². The number of nitrogens with two attached hydrogens (primary N) is 1. The topological polar surface area (TPSA) is 46.3 Å². The number of hydrogen-bond donors (Lipinski definition) is 1.